The van der Waals surface area contributed by atoms with Crippen molar-refractivity contribution in [2.24, 2.45) is 0 Å². The molecule has 0 saturated carbocycles. The zero-order valence-corrected chi connectivity index (χ0v) is 11.8. The average Bonchev–Trinajstić information content (AvgIpc) is 2.37. The molecule has 1 aromatic carbocycles. The molecule has 1 heterocycles. The summed E-state index contributed by atoms with van der Waals surface area (Å²) in [5.74, 6) is 0.968. The first-order chi connectivity index (χ1) is 9.66. The fourth-order valence-electron chi connectivity index (χ4n) is 1.61. The minimum absolute atomic E-state index is 0.0795. The van der Waals surface area contributed by atoms with E-state index >= 15 is 0 Å². The van der Waals surface area contributed by atoms with Crippen LogP contribution in [-0.4, -0.2) is 31.1 Å². The van der Waals surface area contributed by atoms with E-state index in [0.717, 1.165) is 12.1 Å². The largest absolute Gasteiger partial charge is 0.439 e. The zero-order valence-electron chi connectivity index (χ0n) is 11.8. The number of halogens is 3. The second-order valence-corrected chi connectivity index (χ2v) is 5.35. The first-order valence-electron chi connectivity index (χ1n) is 6.15. The third kappa shape index (κ3) is 3.91. The Kier molecular flexibility index (Phi) is 3.87. The summed E-state index contributed by atoms with van der Waals surface area (Å²) in [6.07, 6.45) is -3.08. The van der Waals surface area contributed by atoms with Gasteiger partial charge in [0.05, 0.1) is 32.8 Å². The van der Waals surface area contributed by atoms with Gasteiger partial charge in [-0.2, -0.15) is 18.2 Å². The van der Waals surface area contributed by atoms with Crippen LogP contribution in [0.1, 0.15) is 5.56 Å². The van der Waals surface area contributed by atoms with Gasteiger partial charge in [-0.3, -0.25) is 4.48 Å². The molecule has 0 aliphatic rings. The summed E-state index contributed by atoms with van der Waals surface area (Å²) in [6, 6.07) is 6.27. The second-order valence-electron chi connectivity index (χ2n) is 5.35. The van der Waals surface area contributed by atoms with E-state index in [0.29, 0.717) is 10.3 Å². The normalized spacial score (nSPS) is 12.3. The topological polar surface area (TPSA) is 35.0 Å². The maximum absolute atomic E-state index is 12.6. The van der Waals surface area contributed by atoms with Crippen molar-refractivity contribution in [3.05, 3.63) is 42.2 Å². The predicted octanol–water partition coefficient (Wildman–Crippen LogP) is 3.48. The van der Waals surface area contributed by atoms with Gasteiger partial charge in [-0.05, 0) is 18.2 Å². The van der Waals surface area contributed by atoms with Crippen LogP contribution < -0.4 is 9.22 Å². The minimum atomic E-state index is -4.40. The van der Waals surface area contributed by atoms with Gasteiger partial charge in [-0.25, -0.2) is 4.98 Å². The Morgan fingerprint density at radius 1 is 1.05 bits per heavy atom. The van der Waals surface area contributed by atoms with Crippen LogP contribution in [-0.2, 0) is 6.18 Å². The van der Waals surface area contributed by atoms with Gasteiger partial charge in [-0.15, -0.1) is 0 Å². The van der Waals surface area contributed by atoms with Crippen molar-refractivity contribution < 1.29 is 17.9 Å². The smallest absolute Gasteiger partial charge is 0.416 e. The molecule has 0 aliphatic heterocycles. The van der Waals surface area contributed by atoms with Gasteiger partial charge in [0, 0.05) is 0 Å². The Bertz CT molecular complexity index is 580. The van der Waals surface area contributed by atoms with Gasteiger partial charge in [0.15, 0.2) is 0 Å². The van der Waals surface area contributed by atoms with E-state index in [1.807, 2.05) is 21.1 Å². The number of hydrogen-bond acceptors (Lipinski definition) is 3. The van der Waals surface area contributed by atoms with Crippen molar-refractivity contribution in [3.8, 4) is 11.6 Å². The van der Waals surface area contributed by atoms with Crippen LogP contribution in [0.4, 0.5) is 19.0 Å². The average molecular weight is 298 g/mol. The van der Waals surface area contributed by atoms with Crippen LogP contribution in [0.25, 0.3) is 0 Å². The Morgan fingerprint density at radius 3 is 2.38 bits per heavy atom. The summed E-state index contributed by atoms with van der Waals surface area (Å²) in [7, 11) is 5.74. The van der Waals surface area contributed by atoms with Gasteiger partial charge in [0.25, 0.3) is 0 Å². The third-order valence-electron chi connectivity index (χ3n) is 2.70. The molecule has 0 bridgehead atoms. The molecule has 1 aromatic heterocycles. The van der Waals surface area contributed by atoms with E-state index in [9.17, 15) is 13.2 Å². The van der Waals surface area contributed by atoms with E-state index < -0.39 is 11.7 Å². The van der Waals surface area contributed by atoms with Gasteiger partial charge in [-0.1, -0.05) is 6.07 Å². The highest BCUT2D eigenvalue weighted by atomic mass is 19.4. The quantitative estimate of drug-likeness (QED) is 0.814. The summed E-state index contributed by atoms with van der Waals surface area (Å²) in [4.78, 5) is 8.03. The number of quaternary nitrogens is 1. The minimum Gasteiger partial charge on any atom is -0.439 e. The van der Waals surface area contributed by atoms with E-state index in [-0.39, 0.29) is 11.6 Å². The first kappa shape index (κ1) is 15.2. The Labute approximate surface area is 120 Å². The second kappa shape index (κ2) is 5.33. The fraction of sp³-hybridized carbons (Fsp3) is 0.286. The van der Waals surface area contributed by atoms with Crippen molar-refractivity contribution >= 4 is 5.82 Å². The highest BCUT2D eigenvalue weighted by Crippen LogP contribution is 2.32. The number of aromatic nitrogens is 2. The molecule has 0 unspecified atom stereocenters. The molecule has 21 heavy (non-hydrogen) atoms. The molecule has 0 fully saturated rings. The molecule has 0 amide bonds. The van der Waals surface area contributed by atoms with E-state index in [4.69, 9.17) is 4.74 Å². The molecule has 2 aromatic rings. The lowest BCUT2D eigenvalue weighted by molar-refractivity contribution is -0.137. The number of benzene rings is 1. The van der Waals surface area contributed by atoms with E-state index in [1.54, 1.807) is 6.07 Å². The number of ether oxygens (including phenoxy) is 1. The molecule has 0 saturated heterocycles. The van der Waals surface area contributed by atoms with Crippen LogP contribution in [0, 0.1) is 0 Å². The summed E-state index contributed by atoms with van der Waals surface area (Å²) >= 11 is 0. The standard InChI is InChI=1S/C14H15F3N3O/c1-20(2,3)12-8-13(19-9-18-12)21-11-6-4-5-10(7-11)14(15,16)17/h4-9H,1-3H3/q+1. The molecule has 0 radical (unpaired) electrons. The summed E-state index contributed by atoms with van der Waals surface area (Å²) in [6.45, 7) is 0. The molecule has 112 valence electrons. The fourth-order valence-corrected chi connectivity index (χ4v) is 1.61. The zero-order chi connectivity index (χ0) is 15.7. The van der Waals surface area contributed by atoms with Crippen LogP contribution in [0.5, 0.6) is 11.6 Å². The number of alkyl halides is 3. The molecule has 0 atom stereocenters. The highest BCUT2D eigenvalue weighted by Gasteiger charge is 2.30. The molecular weight excluding hydrogens is 283 g/mol. The molecular formula is C14H15F3N3O+. The molecule has 0 aliphatic carbocycles. The van der Waals surface area contributed by atoms with Crippen molar-refractivity contribution in [1.82, 2.24) is 14.5 Å². The maximum atomic E-state index is 12.6. The molecule has 7 heteroatoms. The maximum Gasteiger partial charge on any atom is 0.416 e. The van der Waals surface area contributed by atoms with Crippen LogP contribution in [0.3, 0.4) is 0 Å². The Hall–Kier alpha value is -2.15. The summed E-state index contributed by atoms with van der Waals surface area (Å²) < 4.78 is 43.8. The first-order valence-corrected chi connectivity index (χ1v) is 6.15. The SMILES string of the molecule is C[N+](C)(C)c1cc(Oc2cccc(C(F)(F)F)c2)ncn1. The third-order valence-corrected chi connectivity index (χ3v) is 2.70. The lowest BCUT2D eigenvalue weighted by Gasteiger charge is -2.21. The molecule has 2 rings (SSSR count). The summed E-state index contributed by atoms with van der Waals surface area (Å²) in [5, 5.41) is 0. The van der Waals surface area contributed by atoms with E-state index in [2.05, 4.69) is 9.97 Å². The van der Waals surface area contributed by atoms with E-state index in [1.165, 1.54) is 18.5 Å². The van der Waals surface area contributed by atoms with Crippen molar-refractivity contribution in [1.29, 1.82) is 0 Å². The Morgan fingerprint density at radius 2 is 1.76 bits per heavy atom. The number of rotatable bonds is 3. The van der Waals surface area contributed by atoms with Crippen molar-refractivity contribution in [2.75, 3.05) is 21.1 Å². The van der Waals surface area contributed by atoms with Gasteiger partial charge >= 0.3 is 6.18 Å². The monoisotopic (exact) mass is 298 g/mol. The van der Waals surface area contributed by atoms with Crippen LogP contribution in [0.15, 0.2) is 36.7 Å². The van der Waals surface area contributed by atoms with Gasteiger partial charge < -0.3 is 4.74 Å². The number of nitrogens with zero attached hydrogens (tertiary/aromatic N) is 3. The predicted molar refractivity (Wildman–Crippen MR) is 73.1 cm³/mol. The molecule has 0 spiro atoms. The van der Waals surface area contributed by atoms with Crippen LogP contribution >= 0.6 is 0 Å². The van der Waals surface area contributed by atoms with Crippen LogP contribution in [0.2, 0.25) is 0 Å². The van der Waals surface area contributed by atoms with Gasteiger partial charge in [0.2, 0.25) is 11.7 Å². The van der Waals surface area contributed by atoms with Gasteiger partial charge in [0.1, 0.15) is 12.1 Å². The molecule has 4 nitrogen and oxygen atoms in total. The van der Waals surface area contributed by atoms with Crippen molar-refractivity contribution in [2.45, 2.75) is 6.18 Å². The Balaban J connectivity index is 2.27. The highest BCUT2D eigenvalue weighted by molar-refractivity contribution is 5.38. The lowest BCUT2D eigenvalue weighted by atomic mass is 10.2. The summed E-state index contributed by atoms with van der Waals surface area (Å²) in [5.41, 5.74) is -0.763. The number of hydrogen-bond donors (Lipinski definition) is 0. The lowest BCUT2D eigenvalue weighted by Crippen LogP contribution is -2.35. The molecule has 0 N–H and O–H groups in total. The van der Waals surface area contributed by atoms with Crippen molar-refractivity contribution in [3.63, 3.8) is 0 Å².